The first-order valence-electron chi connectivity index (χ1n) is 6.66. The van der Waals surface area contributed by atoms with Gasteiger partial charge in [0.05, 0.1) is 12.1 Å². The van der Waals surface area contributed by atoms with Crippen LogP contribution in [0.25, 0.3) is 0 Å². The van der Waals surface area contributed by atoms with Crippen molar-refractivity contribution in [3.8, 4) is 0 Å². The summed E-state index contributed by atoms with van der Waals surface area (Å²) >= 11 is 0. The van der Waals surface area contributed by atoms with Gasteiger partial charge in [0.1, 0.15) is 5.82 Å². The molecule has 2 rings (SSSR count). The molecule has 0 aliphatic heterocycles. The number of carbonyl (C=O) groups is 1. The number of hydrogen-bond acceptors (Lipinski definition) is 1. The molecule has 0 spiro atoms. The molecule has 0 radical (unpaired) electrons. The minimum atomic E-state index is -0.477. The average molecular weight is 274 g/mol. The molecule has 106 valence electrons. The number of rotatable bonds is 4. The lowest BCUT2D eigenvalue weighted by Gasteiger charge is -2.27. The van der Waals surface area contributed by atoms with Crippen molar-refractivity contribution in [3.05, 3.63) is 59.7 Å². The maximum atomic E-state index is 13.8. The largest absolute Gasteiger partial charge is 0.353 e. The topological polar surface area (TPSA) is 25.2 Å². The van der Waals surface area contributed by atoms with Crippen LogP contribution in [-0.2, 0) is 13.6 Å². The predicted octanol–water partition coefficient (Wildman–Crippen LogP) is 3.22. The number of aryl methyl sites for hydroxylation is 1. The van der Waals surface area contributed by atoms with Crippen molar-refractivity contribution in [1.82, 2.24) is 9.47 Å². The lowest BCUT2D eigenvalue weighted by molar-refractivity contribution is 0.0681. The second-order valence-electron chi connectivity index (χ2n) is 5.12. The summed E-state index contributed by atoms with van der Waals surface area (Å²) in [7, 11) is 1.93. The Morgan fingerprint density at radius 3 is 2.50 bits per heavy atom. The number of amides is 1. The van der Waals surface area contributed by atoms with Crippen LogP contribution in [0.3, 0.4) is 0 Å². The third-order valence-corrected chi connectivity index (χ3v) is 3.37. The van der Waals surface area contributed by atoms with Gasteiger partial charge < -0.3 is 9.47 Å². The molecule has 0 unspecified atom stereocenters. The minimum absolute atomic E-state index is 0.00277. The van der Waals surface area contributed by atoms with E-state index < -0.39 is 5.82 Å². The Labute approximate surface area is 118 Å². The lowest BCUT2D eigenvalue weighted by atomic mass is 10.1. The van der Waals surface area contributed by atoms with Gasteiger partial charge in [-0.25, -0.2) is 4.39 Å². The van der Waals surface area contributed by atoms with Gasteiger partial charge in [-0.2, -0.15) is 0 Å². The molecule has 0 bridgehead atoms. The summed E-state index contributed by atoms with van der Waals surface area (Å²) < 4.78 is 15.7. The van der Waals surface area contributed by atoms with Crippen molar-refractivity contribution in [3.63, 3.8) is 0 Å². The fourth-order valence-electron chi connectivity index (χ4n) is 2.11. The number of carbonyl (C=O) groups excluding carboxylic acids is 1. The maximum absolute atomic E-state index is 13.8. The van der Waals surface area contributed by atoms with Gasteiger partial charge >= 0.3 is 0 Å². The molecule has 1 aromatic heterocycles. The fraction of sp³-hybridized carbons (Fsp3) is 0.312. The maximum Gasteiger partial charge on any atom is 0.257 e. The van der Waals surface area contributed by atoms with Gasteiger partial charge in [0.2, 0.25) is 0 Å². The Kier molecular flexibility index (Phi) is 4.23. The highest BCUT2D eigenvalue weighted by molar-refractivity contribution is 5.94. The lowest BCUT2D eigenvalue weighted by Crippen LogP contribution is -2.37. The van der Waals surface area contributed by atoms with Gasteiger partial charge in [0, 0.05) is 25.0 Å². The zero-order chi connectivity index (χ0) is 14.7. The van der Waals surface area contributed by atoms with E-state index in [4.69, 9.17) is 0 Å². The van der Waals surface area contributed by atoms with E-state index in [1.807, 2.05) is 43.8 Å². The predicted molar refractivity (Wildman–Crippen MR) is 76.8 cm³/mol. The molecule has 1 amide bonds. The van der Waals surface area contributed by atoms with E-state index in [1.165, 1.54) is 12.1 Å². The summed E-state index contributed by atoms with van der Waals surface area (Å²) in [4.78, 5) is 14.2. The van der Waals surface area contributed by atoms with Crippen LogP contribution in [-0.4, -0.2) is 21.4 Å². The zero-order valence-corrected chi connectivity index (χ0v) is 12.0. The fourth-order valence-corrected chi connectivity index (χ4v) is 2.11. The van der Waals surface area contributed by atoms with Crippen molar-refractivity contribution in [2.24, 2.45) is 7.05 Å². The van der Waals surface area contributed by atoms with Gasteiger partial charge in [-0.3, -0.25) is 4.79 Å². The highest BCUT2D eigenvalue weighted by Gasteiger charge is 2.22. The van der Waals surface area contributed by atoms with Crippen LogP contribution in [0.1, 0.15) is 29.9 Å². The highest BCUT2D eigenvalue weighted by atomic mass is 19.1. The first-order chi connectivity index (χ1) is 9.50. The van der Waals surface area contributed by atoms with Gasteiger partial charge in [-0.05, 0) is 38.1 Å². The molecule has 0 fully saturated rings. The summed E-state index contributed by atoms with van der Waals surface area (Å²) in [5.74, 6) is -0.755. The monoisotopic (exact) mass is 274 g/mol. The summed E-state index contributed by atoms with van der Waals surface area (Å²) in [6.07, 6.45) is 1.93. The molecule has 1 heterocycles. The van der Waals surface area contributed by atoms with Gasteiger partial charge in [0.15, 0.2) is 0 Å². The first kappa shape index (κ1) is 14.3. The van der Waals surface area contributed by atoms with Gasteiger partial charge in [-0.1, -0.05) is 12.1 Å². The Balaban J connectivity index is 2.28. The van der Waals surface area contributed by atoms with Crippen LogP contribution >= 0.6 is 0 Å². The Morgan fingerprint density at radius 1 is 1.25 bits per heavy atom. The summed E-state index contributed by atoms with van der Waals surface area (Å²) in [6, 6.07) is 10.00. The SMILES string of the molecule is CC(C)N(Cc1cccn1C)C(=O)c1ccccc1F. The van der Waals surface area contributed by atoms with Gasteiger partial charge in [-0.15, -0.1) is 0 Å². The van der Waals surface area contributed by atoms with Crippen LogP contribution in [0.5, 0.6) is 0 Å². The quantitative estimate of drug-likeness (QED) is 0.840. The smallest absolute Gasteiger partial charge is 0.257 e. The average Bonchev–Trinajstić information content (AvgIpc) is 2.81. The zero-order valence-electron chi connectivity index (χ0n) is 12.0. The molecule has 0 atom stereocenters. The van der Waals surface area contributed by atoms with Gasteiger partial charge in [0.25, 0.3) is 5.91 Å². The number of aromatic nitrogens is 1. The van der Waals surface area contributed by atoms with E-state index >= 15 is 0 Å². The van der Waals surface area contributed by atoms with Crippen LogP contribution in [0.4, 0.5) is 4.39 Å². The number of halogens is 1. The van der Waals surface area contributed by atoms with E-state index in [0.29, 0.717) is 6.54 Å². The third kappa shape index (κ3) is 2.90. The minimum Gasteiger partial charge on any atom is -0.353 e. The molecular weight excluding hydrogens is 255 g/mol. The standard InChI is InChI=1S/C16H19FN2O/c1-12(2)19(11-13-7-6-10-18(13)3)16(20)14-8-4-5-9-15(14)17/h4-10,12H,11H2,1-3H3. The Hall–Kier alpha value is -2.10. The second-order valence-corrected chi connectivity index (χ2v) is 5.12. The van der Waals surface area contributed by atoms with E-state index in [2.05, 4.69) is 0 Å². The highest BCUT2D eigenvalue weighted by Crippen LogP contribution is 2.15. The normalized spacial score (nSPS) is 10.8. The molecule has 0 aliphatic rings. The first-order valence-corrected chi connectivity index (χ1v) is 6.66. The molecule has 0 saturated carbocycles. The molecule has 1 aromatic carbocycles. The van der Waals surface area contributed by atoms with Crippen molar-refractivity contribution in [2.75, 3.05) is 0 Å². The number of hydrogen-bond donors (Lipinski definition) is 0. The molecule has 0 aliphatic carbocycles. The summed E-state index contributed by atoms with van der Waals surface area (Å²) in [6.45, 7) is 4.33. The molecule has 0 N–H and O–H groups in total. The summed E-state index contributed by atoms with van der Waals surface area (Å²) in [5, 5.41) is 0. The molecule has 3 nitrogen and oxygen atoms in total. The molecule has 0 saturated heterocycles. The Morgan fingerprint density at radius 2 is 1.95 bits per heavy atom. The van der Waals surface area contributed by atoms with Crippen LogP contribution in [0, 0.1) is 5.82 Å². The molecule has 4 heteroatoms. The third-order valence-electron chi connectivity index (χ3n) is 3.37. The Bertz CT molecular complexity index is 604. The van der Waals surface area contributed by atoms with Crippen LogP contribution in [0.15, 0.2) is 42.6 Å². The summed E-state index contributed by atoms with van der Waals surface area (Å²) in [5.41, 5.74) is 1.14. The van der Waals surface area contributed by atoms with E-state index in [1.54, 1.807) is 17.0 Å². The van der Waals surface area contributed by atoms with Crippen LogP contribution in [0.2, 0.25) is 0 Å². The van der Waals surface area contributed by atoms with Crippen molar-refractivity contribution in [1.29, 1.82) is 0 Å². The van der Waals surface area contributed by atoms with Crippen molar-refractivity contribution in [2.45, 2.75) is 26.4 Å². The molecular formula is C16H19FN2O. The molecule has 2 aromatic rings. The number of nitrogens with zero attached hydrogens (tertiary/aromatic N) is 2. The van der Waals surface area contributed by atoms with E-state index in [0.717, 1.165) is 5.69 Å². The van der Waals surface area contributed by atoms with E-state index in [-0.39, 0.29) is 17.5 Å². The number of benzene rings is 1. The van der Waals surface area contributed by atoms with Crippen LogP contribution < -0.4 is 0 Å². The van der Waals surface area contributed by atoms with Crippen molar-refractivity contribution < 1.29 is 9.18 Å². The second kappa shape index (κ2) is 5.90. The van der Waals surface area contributed by atoms with Crippen molar-refractivity contribution >= 4 is 5.91 Å². The molecule has 20 heavy (non-hydrogen) atoms. The van der Waals surface area contributed by atoms with E-state index in [9.17, 15) is 9.18 Å².